The quantitative estimate of drug-likeness (QED) is 0.752. The molecule has 2 atom stereocenters. The molecular weight excluding hydrogens is 282 g/mol. The number of hydrogen-bond acceptors (Lipinski definition) is 2. The van der Waals surface area contributed by atoms with Gasteiger partial charge in [-0.25, -0.2) is 0 Å². The molecule has 0 aromatic heterocycles. The SMILES string of the molecule is C=CCOc1ccc2ccccc2c1CNC1CCCC(C)C1. The van der Waals surface area contributed by atoms with Gasteiger partial charge in [0, 0.05) is 18.2 Å². The normalized spacial score (nSPS) is 21.3. The fourth-order valence-electron chi connectivity index (χ4n) is 3.65. The molecular formula is C21H27NO. The second-order valence-corrected chi connectivity index (χ2v) is 6.71. The number of fused-ring (bicyclic) bond motifs is 1. The molecule has 1 N–H and O–H groups in total. The van der Waals surface area contributed by atoms with Crippen molar-refractivity contribution in [3.8, 4) is 5.75 Å². The predicted molar refractivity (Wildman–Crippen MR) is 97.9 cm³/mol. The number of nitrogens with one attached hydrogen (secondary N) is 1. The lowest BCUT2D eigenvalue weighted by Gasteiger charge is -2.28. The van der Waals surface area contributed by atoms with E-state index in [1.807, 2.05) is 0 Å². The van der Waals surface area contributed by atoms with Crippen LogP contribution in [0.4, 0.5) is 0 Å². The maximum absolute atomic E-state index is 5.90. The van der Waals surface area contributed by atoms with E-state index in [9.17, 15) is 0 Å². The van der Waals surface area contributed by atoms with E-state index >= 15 is 0 Å². The molecule has 2 aromatic carbocycles. The largest absolute Gasteiger partial charge is 0.489 e. The van der Waals surface area contributed by atoms with Crippen LogP contribution in [0.3, 0.4) is 0 Å². The van der Waals surface area contributed by atoms with Gasteiger partial charge in [0.1, 0.15) is 12.4 Å². The molecule has 2 unspecified atom stereocenters. The van der Waals surface area contributed by atoms with Crippen LogP contribution in [0.1, 0.15) is 38.2 Å². The molecule has 1 aliphatic carbocycles. The number of benzene rings is 2. The molecule has 2 aromatic rings. The molecule has 0 saturated heterocycles. The summed E-state index contributed by atoms with van der Waals surface area (Å²) in [5.41, 5.74) is 1.27. The molecule has 0 bridgehead atoms. The summed E-state index contributed by atoms with van der Waals surface area (Å²) in [6.07, 6.45) is 7.09. The molecule has 2 nitrogen and oxygen atoms in total. The van der Waals surface area contributed by atoms with E-state index in [4.69, 9.17) is 4.74 Å². The summed E-state index contributed by atoms with van der Waals surface area (Å²) in [5, 5.41) is 6.32. The number of ether oxygens (including phenoxy) is 1. The molecule has 3 rings (SSSR count). The molecule has 2 heteroatoms. The van der Waals surface area contributed by atoms with Gasteiger partial charge < -0.3 is 10.1 Å². The minimum atomic E-state index is 0.547. The zero-order chi connectivity index (χ0) is 16.1. The first-order valence-corrected chi connectivity index (χ1v) is 8.75. The van der Waals surface area contributed by atoms with Gasteiger partial charge in [-0.05, 0) is 35.6 Å². The van der Waals surface area contributed by atoms with E-state index in [0.717, 1.165) is 18.2 Å². The third-order valence-corrected chi connectivity index (χ3v) is 4.86. The van der Waals surface area contributed by atoms with Gasteiger partial charge in [-0.2, -0.15) is 0 Å². The smallest absolute Gasteiger partial charge is 0.124 e. The highest BCUT2D eigenvalue weighted by atomic mass is 16.5. The van der Waals surface area contributed by atoms with E-state index in [2.05, 4.69) is 55.2 Å². The number of hydrogen-bond donors (Lipinski definition) is 1. The van der Waals surface area contributed by atoms with Crippen LogP contribution in [0, 0.1) is 5.92 Å². The van der Waals surface area contributed by atoms with Gasteiger partial charge in [0.05, 0.1) is 0 Å². The lowest BCUT2D eigenvalue weighted by atomic mass is 9.87. The van der Waals surface area contributed by atoms with Crippen molar-refractivity contribution >= 4 is 10.8 Å². The molecule has 1 saturated carbocycles. The predicted octanol–water partition coefficient (Wildman–Crippen LogP) is 5.07. The van der Waals surface area contributed by atoms with Gasteiger partial charge in [0.15, 0.2) is 0 Å². The molecule has 122 valence electrons. The maximum Gasteiger partial charge on any atom is 0.124 e. The van der Waals surface area contributed by atoms with Gasteiger partial charge >= 0.3 is 0 Å². The highest BCUT2D eigenvalue weighted by molar-refractivity contribution is 5.87. The summed E-state index contributed by atoms with van der Waals surface area (Å²) in [5.74, 6) is 1.81. The van der Waals surface area contributed by atoms with Crippen LogP contribution in [-0.4, -0.2) is 12.6 Å². The van der Waals surface area contributed by atoms with Crippen LogP contribution in [0.25, 0.3) is 10.8 Å². The average Bonchev–Trinajstić information content (AvgIpc) is 2.58. The van der Waals surface area contributed by atoms with Crippen molar-refractivity contribution in [3.63, 3.8) is 0 Å². The van der Waals surface area contributed by atoms with Crippen molar-refractivity contribution in [2.75, 3.05) is 6.61 Å². The molecule has 0 aliphatic heterocycles. The first-order valence-electron chi connectivity index (χ1n) is 8.75. The molecule has 0 amide bonds. The standard InChI is InChI=1S/C21H27NO/c1-3-13-23-21-12-11-17-8-4-5-10-19(17)20(21)15-22-18-9-6-7-16(2)14-18/h3-5,8,10-12,16,18,22H,1,6-7,9,13-15H2,2H3. The van der Waals surface area contributed by atoms with E-state index in [-0.39, 0.29) is 0 Å². The van der Waals surface area contributed by atoms with Crippen LogP contribution >= 0.6 is 0 Å². The monoisotopic (exact) mass is 309 g/mol. The minimum absolute atomic E-state index is 0.547. The van der Waals surface area contributed by atoms with E-state index in [0.29, 0.717) is 12.6 Å². The van der Waals surface area contributed by atoms with Crippen molar-refractivity contribution in [2.24, 2.45) is 5.92 Å². The van der Waals surface area contributed by atoms with Crippen LogP contribution in [0.2, 0.25) is 0 Å². The van der Waals surface area contributed by atoms with Crippen LogP contribution in [-0.2, 0) is 6.54 Å². The topological polar surface area (TPSA) is 21.3 Å². The summed E-state index contributed by atoms with van der Waals surface area (Å²) >= 11 is 0. The summed E-state index contributed by atoms with van der Waals surface area (Å²) in [7, 11) is 0. The van der Waals surface area contributed by atoms with E-state index in [1.165, 1.54) is 42.0 Å². The summed E-state index contributed by atoms with van der Waals surface area (Å²) in [6.45, 7) is 7.53. The summed E-state index contributed by atoms with van der Waals surface area (Å²) in [6, 6.07) is 13.4. The third-order valence-electron chi connectivity index (χ3n) is 4.86. The molecule has 0 spiro atoms. The molecule has 1 aliphatic rings. The van der Waals surface area contributed by atoms with E-state index in [1.54, 1.807) is 6.08 Å². The highest BCUT2D eigenvalue weighted by Crippen LogP contribution is 2.29. The van der Waals surface area contributed by atoms with Crippen molar-refractivity contribution in [1.29, 1.82) is 0 Å². The van der Waals surface area contributed by atoms with Gasteiger partial charge in [-0.1, -0.05) is 62.8 Å². The minimum Gasteiger partial charge on any atom is -0.489 e. The second kappa shape index (κ2) is 7.65. The summed E-state index contributed by atoms with van der Waals surface area (Å²) in [4.78, 5) is 0. The molecule has 23 heavy (non-hydrogen) atoms. The number of rotatable bonds is 6. The Morgan fingerprint density at radius 3 is 2.91 bits per heavy atom. The van der Waals surface area contributed by atoms with Crippen molar-refractivity contribution in [1.82, 2.24) is 5.32 Å². The lowest BCUT2D eigenvalue weighted by Crippen LogP contribution is -2.33. The van der Waals surface area contributed by atoms with Crippen molar-refractivity contribution in [3.05, 3.63) is 54.6 Å². The Hall–Kier alpha value is -1.80. The second-order valence-electron chi connectivity index (χ2n) is 6.71. The van der Waals surface area contributed by atoms with Gasteiger partial charge in [0.25, 0.3) is 0 Å². The lowest BCUT2D eigenvalue weighted by molar-refractivity contribution is 0.298. The molecule has 1 fully saturated rings. The maximum atomic E-state index is 5.90. The first-order chi connectivity index (χ1) is 11.3. The third kappa shape index (κ3) is 3.94. The van der Waals surface area contributed by atoms with Gasteiger partial charge in [-0.15, -0.1) is 0 Å². The Morgan fingerprint density at radius 2 is 2.09 bits per heavy atom. The van der Waals surface area contributed by atoms with E-state index < -0.39 is 0 Å². The average molecular weight is 309 g/mol. The fraction of sp³-hybridized carbons (Fsp3) is 0.429. The Balaban J connectivity index is 1.82. The Labute approximate surface area is 139 Å². The molecule has 0 radical (unpaired) electrons. The Morgan fingerprint density at radius 1 is 1.22 bits per heavy atom. The Kier molecular flexibility index (Phi) is 5.35. The highest BCUT2D eigenvalue weighted by Gasteiger charge is 2.19. The van der Waals surface area contributed by atoms with Crippen LogP contribution in [0.5, 0.6) is 5.75 Å². The Bertz CT molecular complexity index is 664. The zero-order valence-corrected chi connectivity index (χ0v) is 14.1. The van der Waals surface area contributed by atoms with Crippen LogP contribution in [0.15, 0.2) is 49.1 Å². The first kappa shape index (κ1) is 16.1. The van der Waals surface area contributed by atoms with Crippen LogP contribution < -0.4 is 10.1 Å². The zero-order valence-electron chi connectivity index (χ0n) is 14.1. The summed E-state index contributed by atoms with van der Waals surface area (Å²) < 4.78 is 5.90. The van der Waals surface area contributed by atoms with Crippen molar-refractivity contribution < 1.29 is 4.74 Å². The van der Waals surface area contributed by atoms with Gasteiger partial charge in [-0.3, -0.25) is 0 Å². The molecule has 0 heterocycles. The fourth-order valence-corrected chi connectivity index (χ4v) is 3.65. The van der Waals surface area contributed by atoms with Crippen molar-refractivity contribution in [2.45, 2.75) is 45.2 Å². The van der Waals surface area contributed by atoms with Gasteiger partial charge in [0.2, 0.25) is 0 Å².